The van der Waals surface area contributed by atoms with E-state index in [2.05, 4.69) is 48.5 Å². The third-order valence-electron chi connectivity index (χ3n) is 17.9. The van der Waals surface area contributed by atoms with Crippen LogP contribution < -0.4 is 0 Å². The van der Waals surface area contributed by atoms with Crippen LogP contribution in [0.5, 0.6) is 0 Å². The lowest BCUT2D eigenvalue weighted by atomic mass is 10.0. The van der Waals surface area contributed by atoms with Crippen LogP contribution in [0.1, 0.15) is 395 Å². The highest BCUT2D eigenvalue weighted by Gasteiger charge is 2.30. The van der Waals surface area contributed by atoms with Crippen molar-refractivity contribution in [2.24, 2.45) is 17.8 Å². The molecule has 0 amide bonds. The zero-order valence-corrected chi connectivity index (χ0v) is 64.6. The van der Waals surface area contributed by atoms with Gasteiger partial charge in [-0.1, -0.05) is 344 Å². The van der Waals surface area contributed by atoms with Crippen LogP contribution in [-0.4, -0.2) is 96.7 Å². The first-order chi connectivity index (χ1) is 46.2. The van der Waals surface area contributed by atoms with E-state index in [-0.39, 0.29) is 25.7 Å². The number of aliphatic hydroxyl groups is 1. The lowest BCUT2D eigenvalue weighted by molar-refractivity contribution is -0.161. The summed E-state index contributed by atoms with van der Waals surface area (Å²) in [5.41, 5.74) is 0. The minimum atomic E-state index is -4.96. The molecule has 96 heavy (non-hydrogen) atoms. The first-order valence-electron chi connectivity index (χ1n) is 39.8. The first-order valence-corrected chi connectivity index (χ1v) is 42.8. The van der Waals surface area contributed by atoms with E-state index >= 15 is 0 Å². The van der Waals surface area contributed by atoms with Gasteiger partial charge in [-0.15, -0.1) is 0 Å². The van der Waals surface area contributed by atoms with Gasteiger partial charge in [0.05, 0.1) is 26.4 Å². The number of carbonyl (C=O) groups is 4. The SMILES string of the molecule is CCCCCCCCCCCCCCCCCCCC(=O)O[C@H](COC(=O)CCCCCCCCCCCCCCC(C)C)COP(=O)(O)OC[C@@H](O)COP(=O)(O)OC[C@@H](COC(=O)CCCCCCCCCCCC(C)C)OC(=O)CCCCCCCCCCCC(C)C. The Morgan fingerprint density at radius 2 is 0.479 bits per heavy atom. The molecule has 2 unspecified atom stereocenters. The van der Waals surface area contributed by atoms with E-state index in [0.29, 0.717) is 25.7 Å². The lowest BCUT2D eigenvalue weighted by Crippen LogP contribution is -2.30. The molecule has 0 aromatic rings. The van der Waals surface area contributed by atoms with Crippen molar-refractivity contribution in [2.75, 3.05) is 39.6 Å². The number of phosphoric acid groups is 2. The zero-order chi connectivity index (χ0) is 70.9. The lowest BCUT2D eigenvalue weighted by Gasteiger charge is -2.21. The Labute approximate surface area is 588 Å². The molecule has 0 saturated carbocycles. The molecule has 570 valence electrons. The molecular formula is C77H150O17P2. The Morgan fingerprint density at radius 1 is 0.281 bits per heavy atom. The summed E-state index contributed by atoms with van der Waals surface area (Å²) in [5.74, 6) is 0.146. The second-order valence-electron chi connectivity index (χ2n) is 29.2. The summed E-state index contributed by atoms with van der Waals surface area (Å²) in [4.78, 5) is 72.9. The highest BCUT2D eigenvalue weighted by molar-refractivity contribution is 7.47. The second-order valence-corrected chi connectivity index (χ2v) is 32.1. The average Bonchev–Trinajstić information content (AvgIpc) is 1.11. The number of hydrogen-bond donors (Lipinski definition) is 3. The molecule has 0 fully saturated rings. The van der Waals surface area contributed by atoms with E-state index in [1.54, 1.807) is 0 Å². The van der Waals surface area contributed by atoms with Crippen molar-refractivity contribution in [2.45, 2.75) is 414 Å². The van der Waals surface area contributed by atoms with Crippen molar-refractivity contribution < 1.29 is 80.2 Å². The molecule has 0 spiro atoms. The van der Waals surface area contributed by atoms with Gasteiger partial charge in [-0.25, -0.2) is 9.13 Å². The number of aliphatic hydroxyl groups excluding tert-OH is 1. The molecule has 0 aliphatic rings. The molecule has 0 aliphatic heterocycles. The Hall–Kier alpha value is -1.94. The monoisotopic (exact) mass is 1410 g/mol. The fraction of sp³-hybridized carbons (Fsp3) is 0.948. The van der Waals surface area contributed by atoms with Crippen molar-refractivity contribution in [1.29, 1.82) is 0 Å². The van der Waals surface area contributed by atoms with Crippen molar-refractivity contribution >= 4 is 39.5 Å². The predicted molar refractivity (Wildman–Crippen MR) is 391 cm³/mol. The summed E-state index contributed by atoms with van der Waals surface area (Å²) >= 11 is 0. The maximum Gasteiger partial charge on any atom is 0.472 e. The number of rotatable bonds is 75. The quantitative estimate of drug-likeness (QED) is 0.0222. The summed E-state index contributed by atoms with van der Waals surface area (Å²) in [7, 11) is -9.91. The standard InChI is InChI=1S/C77H150O17P2/c1-8-9-10-11-12-13-14-15-16-17-18-19-24-31-39-46-53-60-76(81)93-72(64-87-74(79)58-51-44-37-30-23-21-20-22-27-34-41-48-55-68(2)3)66-91-95(83,84)89-62-71(78)63-90-96(85,86)92-67-73(94-77(82)61-54-47-40-33-26-29-36-43-50-57-70(6)7)65-88-75(80)59-52-45-38-32-25-28-35-42-49-56-69(4)5/h68-73,78H,8-67H2,1-7H3,(H,83,84)(H,85,86)/t71-,72-,73-/m1/s1. The van der Waals surface area contributed by atoms with E-state index in [1.165, 1.54) is 205 Å². The summed E-state index contributed by atoms with van der Waals surface area (Å²) < 4.78 is 68.6. The summed E-state index contributed by atoms with van der Waals surface area (Å²) in [6.07, 6.45) is 54.1. The van der Waals surface area contributed by atoms with E-state index in [9.17, 15) is 43.2 Å². The Balaban J connectivity index is 5.26. The van der Waals surface area contributed by atoms with Gasteiger partial charge in [0.15, 0.2) is 12.2 Å². The van der Waals surface area contributed by atoms with Crippen LogP contribution >= 0.6 is 15.6 Å². The topological polar surface area (TPSA) is 237 Å². The van der Waals surface area contributed by atoms with Crippen LogP contribution in [0.3, 0.4) is 0 Å². The number of hydrogen-bond acceptors (Lipinski definition) is 15. The van der Waals surface area contributed by atoms with Gasteiger partial charge in [0.1, 0.15) is 19.3 Å². The van der Waals surface area contributed by atoms with Crippen LogP contribution in [0.4, 0.5) is 0 Å². The fourth-order valence-corrected chi connectivity index (χ4v) is 13.4. The minimum absolute atomic E-state index is 0.105. The number of esters is 4. The van der Waals surface area contributed by atoms with E-state index in [0.717, 1.165) is 108 Å². The van der Waals surface area contributed by atoms with Crippen LogP contribution in [0.15, 0.2) is 0 Å². The normalized spacial score (nSPS) is 14.1. The highest BCUT2D eigenvalue weighted by Crippen LogP contribution is 2.45. The Bertz CT molecular complexity index is 1870. The Kier molecular flexibility index (Phi) is 66.2. The van der Waals surface area contributed by atoms with Crippen molar-refractivity contribution in [3.63, 3.8) is 0 Å². The van der Waals surface area contributed by atoms with E-state index in [4.69, 9.17) is 37.0 Å². The molecule has 0 aromatic heterocycles. The second kappa shape index (κ2) is 67.5. The van der Waals surface area contributed by atoms with Gasteiger partial charge in [-0.3, -0.25) is 37.3 Å². The van der Waals surface area contributed by atoms with Crippen LogP contribution in [-0.2, 0) is 65.4 Å². The van der Waals surface area contributed by atoms with Crippen LogP contribution in [0.2, 0.25) is 0 Å². The average molecular weight is 1410 g/mol. The molecule has 0 saturated heterocycles. The predicted octanol–water partition coefficient (Wildman–Crippen LogP) is 22.6. The number of ether oxygens (including phenoxy) is 4. The third-order valence-corrected chi connectivity index (χ3v) is 19.8. The van der Waals surface area contributed by atoms with E-state index in [1.807, 2.05) is 0 Å². The van der Waals surface area contributed by atoms with Crippen LogP contribution in [0.25, 0.3) is 0 Å². The summed E-state index contributed by atoms with van der Waals surface area (Å²) in [5, 5.41) is 10.6. The molecule has 3 N–H and O–H groups in total. The van der Waals surface area contributed by atoms with Gasteiger partial charge < -0.3 is 33.8 Å². The first kappa shape index (κ1) is 94.1. The van der Waals surface area contributed by atoms with Crippen molar-refractivity contribution in [3.8, 4) is 0 Å². The molecule has 0 aromatic carbocycles. The molecule has 0 rings (SSSR count). The maximum absolute atomic E-state index is 13.1. The smallest absolute Gasteiger partial charge is 0.462 e. The molecular weight excluding hydrogens is 1260 g/mol. The van der Waals surface area contributed by atoms with Crippen molar-refractivity contribution in [3.05, 3.63) is 0 Å². The number of unbranched alkanes of at least 4 members (excludes halogenated alkanes) is 43. The summed E-state index contributed by atoms with van der Waals surface area (Å²) in [6.45, 7) is 11.9. The van der Waals surface area contributed by atoms with Gasteiger partial charge in [-0.2, -0.15) is 0 Å². The largest absolute Gasteiger partial charge is 0.472 e. The molecule has 0 bridgehead atoms. The molecule has 0 radical (unpaired) electrons. The van der Waals surface area contributed by atoms with Gasteiger partial charge in [0.25, 0.3) is 0 Å². The molecule has 19 heteroatoms. The van der Waals surface area contributed by atoms with Gasteiger partial charge in [0, 0.05) is 25.7 Å². The Morgan fingerprint density at radius 3 is 0.708 bits per heavy atom. The molecule has 5 atom stereocenters. The fourth-order valence-electron chi connectivity index (χ4n) is 11.8. The van der Waals surface area contributed by atoms with Crippen molar-refractivity contribution in [1.82, 2.24) is 0 Å². The molecule has 0 aliphatic carbocycles. The van der Waals surface area contributed by atoms with Gasteiger partial charge in [0.2, 0.25) is 0 Å². The molecule has 0 heterocycles. The highest BCUT2D eigenvalue weighted by atomic mass is 31.2. The number of phosphoric ester groups is 2. The van der Waals surface area contributed by atoms with Gasteiger partial charge in [-0.05, 0) is 43.4 Å². The zero-order valence-electron chi connectivity index (χ0n) is 62.8. The number of carbonyl (C=O) groups excluding carboxylic acids is 4. The van der Waals surface area contributed by atoms with E-state index < -0.39 is 97.5 Å². The van der Waals surface area contributed by atoms with Gasteiger partial charge >= 0.3 is 39.5 Å². The third kappa shape index (κ3) is 70.5. The summed E-state index contributed by atoms with van der Waals surface area (Å²) in [6, 6.07) is 0. The van der Waals surface area contributed by atoms with Crippen LogP contribution in [0, 0.1) is 17.8 Å². The maximum atomic E-state index is 13.1. The molecule has 17 nitrogen and oxygen atoms in total. The minimum Gasteiger partial charge on any atom is -0.462 e.